The van der Waals surface area contributed by atoms with Gasteiger partial charge in [-0.2, -0.15) is 0 Å². The third kappa shape index (κ3) is 5150. The fourth-order valence-corrected chi connectivity index (χ4v) is 0. The summed E-state index contributed by atoms with van der Waals surface area (Å²) in [6.45, 7) is 1.08. The number of aliphatic carboxylic acids is 1. The fraction of sp³-hybridized carbons (Fsp3) is 0.500. The molecular weight excluding hydrogens is 131 g/mol. The molecule has 0 amide bonds. The average Bonchev–Trinajstić information content (AvgIpc) is 0.811. The van der Waals surface area contributed by atoms with Gasteiger partial charge in [0.25, 0.3) is 5.97 Å². The maximum Gasteiger partial charge on any atom is 0.300 e. The van der Waals surface area contributed by atoms with Gasteiger partial charge in [0, 0.05) is 28.7 Å². The minimum absolute atomic E-state index is 0. The Morgan fingerprint density at radius 3 is 1.67 bits per heavy atom. The van der Waals surface area contributed by atoms with Gasteiger partial charge in [-0.25, -0.2) is 0 Å². The third-order valence-electron chi connectivity index (χ3n) is 0. The van der Waals surface area contributed by atoms with E-state index >= 15 is 0 Å². The predicted octanol–water partition coefficient (Wildman–Crippen LogP) is 0.509. The number of carboxylic acid groups (broad SMARTS) is 1. The number of hydrogen-bond acceptors (Lipinski definition) is 1. The van der Waals surface area contributed by atoms with Gasteiger partial charge in [0.1, 0.15) is 0 Å². The second-order valence-corrected chi connectivity index (χ2v) is 0.519. The van der Waals surface area contributed by atoms with E-state index in [0.717, 1.165) is 6.92 Å². The summed E-state index contributed by atoms with van der Waals surface area (Å²) in [6.07, 6.45) is 0. The van der Waals surface area contributed by atoms with Crippen molar-refractivity contribution in [3.05, 3.63) is 0 Å². The van der Waals surface area contributed by atoms with Gasteiger partial charge in [-0.1, -0.05) is 0 Å². The molecule has 39 valence electrons. The second-order valence-electron chi connectivity index (χ2n) is 0.519. The van der Waals surface area contributed by atoms with Crippen molar-refractivity contribution in [3.8, 4) is 0 Å². The molecule has 0 fully saturated rings. The SMILES string of the molecule is CC(=O)O.[F].[Fe]. The minimum Gasteiger partial charge on any atom is -0.481 e. The van der Waals surface area contributed by atoms with Crippen LogP contribution in [0.25, 0.3) is 0 Å². The Kier molecular flexibility index (Phi) is 24.8. The molecule has 0 aliphatic rings. The number of hydrogen-bond donors (Lipinski definition) is 1. The van der Waals surface area contributed by atoms with Gasteiger partial charge in [-0.15, -0.1) is 0 Å². The van der Waals surface area contributed by atoms with Crippen molar-refractivity contribution in [2.45, 2.75) is 6.92 Å². The van der Waals surface area contributed by atoms with Gasteiger partial charge in [0.2, 0.25) is 0 Å². The first-order valence-electron chi connectivity index (χ1n) is 0.928. The molecule has 0 aromatic rings. The van der Waals surface area contributed by atoms with E-state index in [1.165, 1.54) is 0 Å². The van der Waals surface area contributed by atoms with Crippen molar-refractivity contribution in [2.75, 3.05) is 0 Å². The summed E-state index contributed by atoms with van der Waals surface area (Å²) in [7, 11) is 0. The Balaban J connectivity index is -0.0000000450. The van der Waals surface area contributed by atoms with E-state index in [1.54, 1.807) is 0 Å². The number of halogens is 1. The molecule has 0 aliphatic heterocycles. The van der Waals surface area contributed by atoms with Crippen LogP contribution in [0.3, 0.4) is 0 Å². The zero-order valence-corrected chi connectivity index (χ0v) is 4.19. The minimum atomic E-state index is -0.833. The standard InChI is InChI=1S/C2H4O2.F.Fe/c1-2(3)4;;/h1H3,(H,3,4);;. The van der Waals surface area contributed by atoms with Crippen molar-refractivity contribution >= 4 is 5.97 Å². The van der Waals surface area contributed by atoms with Gasteiger partial charge in [-0.05, 0) is 0 Å². The predicted molar refractivity (Wildman–Crippen MR) is 14.4 cm³/mol. The summed E-state index contributed by atoms with van der Waals surface area (Å²) >= 11 is 0. The van der Waals surface area contributed by atoms with Gasteiger partial charge in [0.15, 0.2) is 0 Å². The molecule has 0 bridgehead atoms. The molecule has 1 radical (unpaired) electrons. The molecular formula is C2H4FFeO2. The van der Waals surface area contributed by atoms with Crippen molar-refractivity contribution in [1.82, 2.24) is 0 Å². The maximum atomic E-state index is 9.00. The van der Waals surface area contributed by atoms with Crippen LogP contribution < -0.4 is 0 Å². The van der Waals surface area contributed by atoms with Crippen LogP contribution >= 0.6 is 0 Å². The molecule has 0 aliphatic carbocycles. The van der Waals surface area contributed by atoms with E-state index in [9.17, 15) is 0 Å². The van der Waals surface area contributed by atoms with E-state index < -0.39 is 5.97 Å². The molecule has 0 aromatic heterocycles. The molecule has 6 heavy (non-hydrogen) atoms. The van der Waals surface area contributed by atoms with Gasteiger partial charge in [0.05, 0.1) is 0 Å². The second kappa shape index (κ2) is 8.87. The number of carboxylic acids is 1. The smallest absolute Gasteiger partial charge is 0.300 e. The van der Waals surface area contributed by atoms with Crippen LogP contribution in [0.1, 0.15) is 6.92 Å². The van der Waals surface area contributed by atoms with Crippen LogP contribution in [0.4, 0.5) is 4.70 Å². The largest absolute Gasteiger partial charge is 0.481 e. The normalized spacial score (nSPS) is 4.17. The monoisotopic (exact) mass is 135 g/mol. The summed E-state index contributed by atoms with van der Waals surface area (Å²) in [5.74, 6) is -0.833. The Hall–Kier alpha value is -0.0805. The quantitative estimate of drug-likeness (QED) is 0.491. The summed E-state index contributed by atoms with van der Waals surface area (Å²) in [4.78, 5) is 9.00. The molecule has 0 saturated carbocycles. The van der Waals surface area contributed by atoms with Crippen LogP contribution in [0.5, 0.6) is 0 Å². The number of carbonyl (C=O) groups is 1. The molecule has 0 rings (SSSR count). The summed E-state index contributed by atoms with van der Waals surface area (Å²) in [5.41, 5.74) is 0. The van der Waals surface area contributed by atoms with Gasteiger partial charge in [-0.3, -0.25) is 4.79 Å². The first kappa shape index (κ1) is 16.8. The van der Waals surface area contributed by atoms with Crippen LogP contribution in [0.15, 0.2) is 0 Å². The van der Waals surface area contributed by atoms with Crippen molar-refractivity contribution < 1.29 is 31.7 Å². The zero-order valence-electron chi connectivity index (χ0n) is 3.09. The third-order valence-corrected chi connectivity index (χ3v) is 0. The fourth-order valence-electron chi connectivity index (χ4n) is 0. The van der Waals surface area contributed by atoms with Crippen molar-refractivity contribution in [1.29, 1.82) is 0 Å². The number of rotatable bonds is 0. The van der Waals surface area contributed by atoms with Crippen LogP contribution in [-0.4, -0.2) is 11.1 Å². The first-order valence-corrected chi connectivity index (χ1v) is 0.928. The molecule has 2 nitrogen and oxygen atoms in total. The Labute approximate surface area is 45.4 Å². The van der Waals surface area contributed by atoms with Crippen LogP contribution in [0, 0.1) is 0 Å². The molecule has 4 heteroatoms. The molecule has 0 unspecified atom stereocenters. The topological polar surface area (TPSA) is 37.3 Å². The summed E-state index contributed by atoms with van der Waals surface area (Å²) in [5, 5.41) is 7.42. The molecule has 0 saturated heterocycles. The van der Waals surface area contributed by atoms with Crippen molar-refractivity contribution in [3.63, 3.8) is 0 Å². The Morgan fingerprint density at radius 1 is 1.67 bits per heavy atom. The molecule has 0 heterocycles. The summed E-state index contributed by atoms with van der Waals surface area (Å²) < 4.78 is 0. The zero-order chi connectivity index (χ0) is 3.58. The Bertz CT molecular complexity index is 34.5. The first-order chi connectivity index (χ1) is 1.73. The van der Waals surface area contributed by atoms with Crippen LogP contribution in [0.2, 0.25) is 0 Å². The molecule has 0 atom stereocenters. The van der Waals surface area contributed by atoms with E-state index in [4.69, 9.17) is 9.90 Å². The molecule has 0 spiro atoms. The van der Waals surface area contributed by atoms with E-state index in [-0.39, 0.29) is 21.8 Å². The Morgan fingerprint density at radius 2 is 1.67 bits per heavy atom. The van der Waals surface area contributed by atoms with Gasteiger partial charge >= 0.3 is 0 Å². The summed E-state index contributed by atoms with van der Waals surface area (Å²) in [6, 6.07) is 0. The maximum absolute atomic E-state index is 9.00. The van der Waals surface area contributed by atoms with Crippen LogP contribution in [-0.2, 0) is 21.9 Å². The van der Waals surface area contributed by atoms with E-state index in [0.29, 0.717) is 0 Å². The van der Waals surface area contributed by atoms with E-state index in [1.807, 2.05) is 0 Å². The molecule has 0 aromatic carbocycles. The molecule has 1 N–H and O–H groups in total. The van der Waals surface area contributed by atoms with Crippen molar-refractivity contribution in [2.24, 2.45) is 0 Å². The van der Waals surface area contributed by atoms with E-state index in [2.05, 4.69) is 0 Å². The average molecular weight is 135 g/mol. The van der Waals surface area contributed by atoms with Gasteiger partial charge < -0.3 is 5.11 Å².